The zero-order valence-electron chi connectivity index (χ0n) is 21.2. The van der Waals surface area contributed by atoms with Crippen LogP contribution in [0, 0.1) is 17.8 Å². The van der Waals surface area contributed by atoms with Gasteiger partial charge in [-0.1, -0.05) is 42.2 Å². The maximum atomic E-state index is 13.5. The summed E-state index contributed by atoms with van der Waals surface area (Å²) in [5.74, 6) is 6.15. The van der Waals surface area contributed by atoms with Crippen LogP contribution in [0.2, 0.25) is 0 Å². The Morgan fingerprint density at radius 2 is 1.92 bits per heavy atom. The molecule has 8 nitrogen and oxygen atoms in total. The van der Waals surface area contributed by atoms with Gasteiger partial charge in [0.25, 0.3) is 5.91 Å². The van der Waals surface area contributed by atoms with Crippen LogP contribution >= 0.6 is 0 Å². The van der Waals surface area contributed by atoms with E-state index >= 15 is 0 Å². The highest BCUT2D eigenvalue weighted by atomic mass is 32.2. The first kappa shape index (κ1) is 27.1. The second kappa shape index (κ2) is 11.7. The second-order valence-electron chi connectivity index (χ2n) is 10.0. The Hall–Kier alpha value is -2.90. The number of sulfonamides is 1. The first-order valence-corrected chi connectivity index (χ1v) is 14.5. The number of anilines is 1. The fourth-order valence-electron chi connectivity index (χ4n) is 4.45. The van der Waals surface area contributed by atoms with Crippen molar-refractivity contribution < 1.29 is 23.4 Å². The van der Waals surface area contributed by atoms with Gasteiger partial charge in [-0.05, 0) is 62.4 Å². The van der Waals surface area contributed by atoms with Crippen molar-refractivity contribution in [3.05, 3.63) is 65.2 Å². The number of aliphatic hydroxyl groups excluding tert-OH is 2. The lowest BCUT2D eigenvalue weighted by Crippen LogP contribution is -2.56. The van der Waals surface area contributed by atoms with Gasteiger partial charge in [-0.3, -0.25) is 9.10 Å². The Labute approximate surface area is 219 Å². The average Bonchev–Trinajstić information content (AvgIpc) is 3.70. The van der Waals surface area contributed by atoms with Gasteiger partial charge >= 0.3 is 0 Å². The molecule has 4 unspecified atom stereocenters. The molecular weight excluding hydrogens is 490 g/mol. The highest BCUT2D eigenvalue weighted by Crippen LogP contribution is 2.28. The molecule has 9 heteroatoms. The molecule has 4 atom stereocenters. The van der Waals surface area contributed by atoms with Gasteiger partial charge < -0.3 is 20.8 Å². The third kappa shape index (κ3) is 7.55. The van der Waals surface area contributed by atoms with Crippen LogP contribution in [-0.4, -0.2) is 68.7 Å². The fraction of sp³-hybridized carbons (Fsp3) is 0.464. The molecule has 0 radical (unpaired) electrons. The molecular formula is C28H35N3O5S. The number of amides is 1. The van der Waals surface area contributed by atoms with Crippen LogP contribution in [0.5, 0.6) is 0 Å². The molecule has 1 amide bonds. The molecule has 1 heterocycles. The Kier molecular flexibility index (Phi) is 8.55. The number of carbonyl (C=O) groups is 1. The quantitative estimate of drug-likeness (QED) is 0.389. The van der Waals surface area contributed by atoms with E-state index in [2.05, 4.69) is 22.5 Å². The lowest BCUT2D eigenvalue weighted by molar-refractivity contribution is 0.0339. The zero-order chi connectivity index (χ0) is 26.6. The summed E-state index contributed by atoms with van der Waals surface area (Å²) in [6.45, 7) is 0.581. The fourth-order valence-corrected chi connectivity index (χ4v) is 4.94. The molecule has 2 aliphatic rings. The normalized spacial score (nSPS) is 21.3. The predicted molar refractivity (Wildman–Crippen MR) is 144 cm³/mol. The lowest BCUT2D eigenvalue weighted by Gasteiger charge is -2.35. The van der Waals surface area contributed by atoms with E-state index in [1.54, 1.807) is 12.1 Å². The Morgan fingerprint density at radius 1 is 1.19 bits per heavy atom. The molecule has 0 bridgehead atoms. The van der Waals surface area contributed by atoms with Gasteiger partial charge in [-0.2, -0.15) is 0 Å². The number of nitrogens with one attached hydrogen (secondary N) is 2. The van der Waals surface area contributed by atoms with E-state index in [9.17, 15) is 23.4 Å². The largest absolute Gasteiger partial charge is 0.393 e. The van der Waals surface area contributed by atoms with Crippen molar-refractivity contribution >= 4 is 21.6 Å². The number of carbonyl (C=O) groups excluding carboxylic acids is 1. The van der Waals surface area contributed by atoms with Gasteiger partial charge in [0.2, 0.25) is 10.0 Å². The second-order valence-corrected chi connectivity index (χ2v) is 12.1. The van der Waals surface area contributed by atoms with E-state index in [1.165, 1.54) is 13.1 Å². The smallest absolute Gasteiger partial charge is 0.251 e. The number of benzene rings is 2. The molecule has 37 heavy (non-hydrogen) atoms. The van der Waals surface area contributed by atoms with Crippen LogP contribution in [0.15, 0.2) is 48.5 Å². The summed E-state index contributed by atoms with van der Waals surface area (Å²) in [7, 11) is -2.11. The van der Waals surface area contributed by atoms with E-state index in [1.807, 2.05) is 30.3 Å². The number of aliphatic hydroxyl groups is 2. The summed E-state index contributed by atoms with van der Waals surface area (Å²) < 4.78 is 25.5. The van der Waals surface area contributed by atoms with Gasteiger partial charge in [0.15, 0.2) is 0 Å². The van der Waals surface area contributed by atoms with E-state index in [0.717, 1.165) is 29.0 Å². The van der Waals surface area contributed by atoms with E-state index in [4.69, 9.17) is 0 Å². The molecule has 2 fully saturated rings. The van der Waals surface area contributed by atoms with Crippen LogP contribution < -0.4 is 14.9 Å². The average molecular weight is 526 g/mol. The first-order valence-electron chi connectivity index (χ1n) is 12.6. The number of nitrogens with zero attached hydrogens (tertiary/aromatic N) is 1. The molecule has 198 valence electrons. The van der Waals surface area contributed by atoms with Crippen molar-refractivity contribution in [2.45, 2.75) is 56.4 Å². The van der Waals surface area contributed by atoms with Crippen LogP contribution in [0.4, 0.5) is 5.69 Å². The van der Waals surface area contributed by atoms with Gasteiger partial charge in [0.05, 0.1) is 30.2 Å². The van der Waals surface area contributed by atoms with Crippen molar-refractivity contribution in [1.82, 2.24) is 10.6 Å². The Morgan fingerprint density at radius 3 is 2.57 bits per heavy atom. The minimum atomic E-state index is -3.55. The van der Waals surface area contributed by atoms with Gasteiger partial charge in [-0.25, -0.2) is 8.42 Å². The monoisotopic (exact) mass is 525 g/mol. The van der Waals surface area contributed by atoms with Crippen molar-refractivity contribution in [2.24, 2.45) is 5.92 Å². The Balaban J connectivity index is 1.62. The summed E-state index contributed by atoms with van der Waals surface area (Å²) in [6.07, 6.45) is 3.13. The molecule has 4 rings (SSSR count). The number of hydrogen-bond acceptors (Lipinski definition) is 6. The van der Waals surface area contributed by atoms with Crippen LogP contribution in [0.25, 0.3) is 0 Å². The highest BCUT2D eigenvalue weighted by molar-refractivity contribution is 7.92. The summed E-state index contributed by atoms with van der Waals surface area (Å²) in [6, 6.07) is 13.4. The number of piperidine rings is 1. The summed E-state index contributed by atoms with van der Waals surface area (Å²) in [5.41, 5.74) is 2.11. The van der Waals surface area contributed by atoms with Gasteiger partial charge in [-0.15, -0.1) is 0 Å². The molecule has 2 aromatic carbocycles. The number of hydrogen-bond donors (Lipinski definition) is 4. The van der Waals surface area contributed by atoms with Gasteiger partial charge in [0, 0.05) is 30.1 Å². The third-order valence-corrected chi connectivity index (χ3v) is 8.09. The van der Waals surface area contributed by atoms with Crippen LogP contribution in [-0.2, 0) is 16.4 Å². The number of rotatable bonds is 8. The summed E-state index contributed by atoms with van der Waals surface area (Å²) in [4.78, 5) is 13.5. The van der Waals surface area contributed by atoms with Crippen molar-refractivity contribution in [3.8, 4) is 11.8 Å². The highest BCUT2D eigenvalue weighted by Gasteiger charge is 2.33. The summed E-state index contributed by atoms with van der Waals surface area (Å²) >= 11 is 0. The van der Waals surface area contributed by atoms with Crippen molar-refractivity contribution in [3.63, 3.8) is 0 Å². The molecule has 0 aromatic heterocycles. The lowest BCUT2D eigenvalue weighted by atomic mass is 9.90. The minimum Gasteiger partial charge on any atom is -0.393 e. The van der Waals surface area contributed by atoms with E-state index in [-0.39, 0.29) is 11.6 Å². The standard InChI is InChI=1S/C28H35N3O5S/c1-31(37(2,35)36)23-15-21(11-10-19-8-9-19)14-22(17-23)28(34)30-26(16-20-6-4-3-5-7-20)27(33)25-18-24(32)12-13-29-25/h3-7,14-15,17,19,24-27,29,32-33H,8-9,12-13,16,18H2,1-2H3,(H,30,34). The Bertz CT molecular complexity index is 1270. The van der Waals surface area contributed by atoms with Crippen molar-refractivity contribution in [1.29, 1.82) is 0 Å². The topological polar surface area (TPSA) is 119 Å². The first-order chi connectivity index (χ1) is 17.6. The molecule has 2 aromatic rings. The molecule has 4 N–H and O–H groups in total. The third-order valence-electron chi connectivity index (χ3n) is 6.89. The molecule has 1 aliphatic carbocycles. The summed E-state index contributed by atoms with van der Waals surface area (Å²) in [5, 5.41) is 27.6. The minimum absolute atomic E-state index is 0.259. The molecule has 1 saturated carbocycles. The predicted octanol–water partition coefficient (Wildman–Crippen LogP) is 1.66. The SMILES string of the molecule is CN(c1cc(C#CC2CC2)cc(C(=O)NC(Cc2ccccc2)C(O)C2CC(O)CCN2)c1)S(C)(=O)=O. The van der Waals surface area contributed by atoms with Gasteiger partial charge in [0.1, 0.15) is 0 Å². The zero-order valence-corrected chi connectivity index (χ0v) is 22.0. The van der Waals surface area contributed by atoms with Crippen LogP contribution in [0.1, 0.15) is 47.2 Å². The van der Waals surface area contributed by atoms with Crippen LogP contribution in [0.3, 0.4) is 0 Å². The maximum Gasteiger partial charge on any atom is 0.251 e. The molecule has 1 aliphatic heterocycles. The van der Waals surface area contributed by atoms with E-state index < -0.39 is 34.2 Å². The van der Waals surface area contributed by atoms with Crippen molar-refractivity contribution in [2.75, 3.05) is 24.2 Å². The van der Waals surface area contributed by atoms with E-state index in [0.29, 0.717) is 43.0 Å². The molecule has 0 spiro atoms. The maximum absolute atomic E-state index is 13.5. The molecule has 1 saturated heterocycles.